The standard InChI is InChI=1S/C28H44O5/c1-19(11-13-22-18-23(29)17-21(3)26(22)32-7)9-8-10-20(2)12-14-24(30)28(6)16-15-25(33-28)27(4,5)31/h10-11,17-18,24-25,29-31H,8-9,12-16H2,1-7H3/b19-11+,20-10+/t24-,25-,28+/m0/s1. The number of allylic oxidation sites excluding steroid dienone is 4. The van der Waals surface area contributed by atoms with Gasteiger partial charge in [0.2, 0.25) is 0 Å². The monoisotopic (exact) mass is 460 g/mol. The lowest BCUT2D eigenvalue weighted by molar-refractivity contribution is -0.153. The molecule has 0 unspecified atom stereocenters. The maximum Gasteiger partial charge on any atom is 0.125 e. The zero-order valence-electron chi connectivity index (χ0n) is 21.6. The summed E-state index contributed by atoms with van der Waals surface area (Å²) >= 11 is 0. The van der Waals surface area contributed by atoms with Crippen LogP contribution in [-0.4, -0.2) is 45.8 Å². The number of phenolic OH excluding ortho intramolecular Hbond substituents is 1. The highest BCUT2D eigenvalue weighted by atomic mass is 16.5. The van der Waals surface area contributed by atoms with Crippen LogP contribution in [0.2, 0.25) is 0 Å². The van der Waals surface area contributed by atoms with E-state index in [9.17, 15) is 15.3 Å². The number of methoxy groups -OCH3 is 1. The Kier molecular flexibility index (Phi) is 9.59. The van der Waals surface area contributed by atoms with Gasteiger partial charge in [-0.15, -0.1) is 0 Å². The lowest BCUT2D eigenvalue weighted by Gasteiger charge is -2.33. The Hall–Kier alpha value is -1.82. The van der Waals surface area contributed by atoms with Gasteiger partial charge in [-0.2, -0.15) is 0 Å². The van der Waals surface area contributed by atoms with E-state index in [1.54, 1.807) is 33.1 Å². The van der Waals surface area contributed by atoms with Gasteiger partial charge in [0.05, 0.1) is 30.5 Å². The van der Waals surface area contributed by atoms with Gasteiger partial charge in [0, 0.05) is 5.56 Å². The molecular formula is C28H44O5. The number of aliphatic hydroxyl groups is 2. The van der Waals surface area contributed by atoms with Gasteiger partial charge in [0.1, 0.15) is 11.5 Å². The molecule has 1 fully saturated rings. The summed E-state index contributed by atoms with van der Waals surface area (Å²) in [7, 11) is 1.66. The minimum Gasteiger partial charge on any atom is -0.508 e. The lowest BCUT2D eigenvalue weighted by Crippen LogP contribution is -2.43. The van der Waals surface area contributed by atoms with Gasteiger partial charge >= 0.3 is 0 Å². The van der Waals surface area contributed by atoms with E-state index in [0.717, 1.165) is 55.4 Å². The third-order valence-electron chi connectivity index (χ3n) is 6.86. The molecule has 1 aliphatic heterocycles. The summed E-state index contributed by atoms with van der Waals surface area (Å²) in [5.41, 5.74) is 3.02. The Labute approximate surface area is 200 Å². The van der Waals surface area contributed by atoms with Gasteiger partial charge in [0.15, 0.2) is 0 Å². The van der Waals surface area contributed by atoms with E-state index in [4.69, 9.17) is 9.47 Å². The normalized spacial score (nSPS) is 23.1. The van der Waals surface area contributed by atoms with E-state index in [0.29, 0.717) is 6.42 Å². The molecule has 0 aromatic heterocycles. The van der Waals surface area contributed by atoms with E-state index in [2.05, 4.69) is 26.0 Å². The molecule has 2 rings (SSSR count). The van der Waals surface area contributed by atoms with Gasteiger partial charge in [-0.05, 0) is 104 Å². The van der Waals surface area contributed by atoms with Crippen molar-refractivity contribution in [3.05, 3.63) is 46.6 Å². The van der Waals surface area contributed by atoms with Crippen LogP contribution < -0.4 is 4.74 Å². The Morgan fingerprint density at radius 2 is 1.91 bits per heavy atom. The molecule has 5 nitrogen and oxygen atoms in total. The highest BCUT2D eigenvalue weighted by Crippen LogP contribution is 2.38. The van der Waals surface area contributed by atoms with Gasteiger partial charge in [-0.25, -0.2) is 0 Å². The number of aliphatic hydroxyl groups excluding tert-OH is 1. The molecule has 0 radical (unpaired) electrons. The summed E-state index contributed by atoms with van der Waals surface area (Å²) < 4.78 is 11.6. The molecule has 0 aliphatic carbocycles. The number of hydrogen-bond donors (Lipinski definition) is 3. The van der Waals surface area contributed by atoms with Crippen molar-refractivity contribution < 1.29 is 24.8 Å². The van der Waals surface area contributed by atoms with Crippen LogP contribution in [0.1, 0.15) is 84.3 Å². The number of aryl methyl sites for hydroxylation is 1. The molecule has 5 heteroatoms. The SMILES string of the molecule is COc1c(C)cc(O)cc1C/C=C(\C)CC/C=C(\C)CC[C@H](O)[C@@]1(C)CC[C@@H](C(C)(C)O)O1. The van der Waals surface area contributed by atoms with Crippen LogP contribution in [0.3, 0.4) is 0 Å². The number of rotatable bonds is 11. The van der Waals surface area contributed by atoms with Crippen LogP contribution in [0.4, 0.5) is 0 Å². The Bertz CT molecular complexity index is 849. The third kappa shape index (κ3) is 7.87. The van der Waals surface area contributed by atoms with Crippen molar-refractivity contribution >= 4 is 0 Å². The van der Waals surface area contributed by atoms with Gasteiger partial charge in [-0.3, -0.25) is 0 Å². The molecule has 1 saturated heterocycles. The first-order valence-electron chi connectivity index (χ1n) is 12.1. The molecule has 186 valence electrons. The smallest absolute Gasteiger partial charge is 0.125 e. The Balaban J connectivity index is 1.81. The maximum atomic E-state index is 10.7. The molecule has 3 atom stereocenters. The second-order valence-electron chi connectivity index (χ2n) is 10.5. The molecule has 3 N–H and O–H groups in total. The van der Waals surface area contributed by atoms with E-state index < -0.39 is 17.3 Å². The molecule has 1 aliphatic rings. The Morgan fingerprint density at radius 1 is 1.24 bits per heavy atom. The average molecular weight is 461 g/mol. The summed E-state index contributed by atoms with van der Waals surface area (Å²) in [4.78, 5) is 0. The molecule has 0 saturated carbocycles. The van der Waals surface area contributed by atoms with Crippen molar-refractivity contribution in [2.75, 3.05) is 7.11 Å². The van der Waals surface area contributed by atoms with Crippen molar-refractivity contribution in [1.29, 1.82) is 0 Å². The van der Waals surface area contributed by atoms with Crippen molar-refractivity contribution in [2.45, 2.75) is 110 Å². The molecule has 1 heterocycles. The fraction of sp³-hybridized carbons (Fsp3) is 0.643. The molecule has 0 bridgehead atoms. The molecule has 1 aromatic rings. The van der Waals surface area contributed by atoms with Crippen molar-refractivity contribution in [1.82, 2.24) is 0 Å². The Morgan fingerprint density at radius 3 is 2.52 bits per heavy atom. The zero-order valence-corrected chi connectivity index (χ0v) is 21.6. The third-order valence-corrected chi connectivity index (χ3v) is 6.86. The van der Waals surface area contributed by atoms with Crippen LogP contribution in [-0.2, 0) is 11.2 Å². The summed E-state index contributed by atoms with van der Waals surface area (Å²) in [6, 6.07) is 3.48. The highest BCUT2D eigenvalue weighted by molar-refractivity contribution is 5.47. The lowest BCUT2D eigenvalue weighted by atomic mass is 9.90. The van der Waals surface area contributed by atoms with Gasteiger partial charge in [-0.1, -0.05) is 23.3 Å². The summed E-state index contributed by atoms with van der Waals surface area (Å²) in [5.74, 6) is 1.10. The van der Waals surface area contributed by atoms with Crippen LogP contribution in [0.15, 0.2) is 35.4 Å². The fourth-order valence-electron chi connectivity index (χ4n) is 4.58. The molecule has 33 heavy (non-hydrogen) atoms. The van der Waals surface area contributed by atoms with Crippen molar-refractivity contribution in [2.24, 2.45) is 0 Å². The first-order chi connectivity index (χ1) is 15.4. The number of aromatic hydroxyl groups is 1. The van der Waals surface area contributed by atoms with Crippen LogP contribution in [0.25, 0.3) is 0 Å². The summed E-state index contributed by atoms with van der Waals surface area (Å²) in [5, 5.41) is 30.8. The zero-order chi connectivity index (χ0) is 24.8. The van der Waals surface area contributed by atoms with Crippen LogP contribution in [0.5, 0.6) is 11.5 Å². The molecule has 1 aromatic carbocycles. The van der Waals surface area contributed by atoms with Crippen molar-refractivity contribution in [3.8, 4) is 11.5 Å². The molecular weight excluding hydrogens is 416 g/mol. The molecule has 0 spiro atoms. The summed E-state index contributed by atoms with van der Waals surface area (Å²) in [6.07, 6.45) is 9.33. The van der Waals surface area contributed by atoms with E-state index in [1.807, 2.05) is 13.8 Å². The first kappa shape index (κ1) is 27.4. The predicted octanol–water partition coefficient (Wildman–Crippen LogP) is 5.77. The van der Waals surface area contributed by atoms with E-state index in [-0.39, 0.29) is 11.9 Å². The topological polar surface area (TPSA) is 79.2 Å². The van der Waals surface area contributed by atoms with E-state index in [1.165, 1.54) is 11.1 Å². The minimum absolute atomic E-state index is 0.229. The largest absolute Gasteiger partial charge is 0.508 e. The number of ether oxygens (including phenoxy) is 2. The number of benzene rings is 1. The fourth-order valence-corrected chi connectivity index (χ4v) is 4.58. The number of phenols is 1. The van der Waals surface area contributed by atoms with Crippen LogP contribution in [0, 0.1) is 6.92 Å². The van der Waals surface area contributed by atoms with Crippen LogP contribution >= 0.6 is 0 Å². The van der Waals surface area contributed by atoms with E-state index >= 15 is 0 Å². The first-order valence-corrected chi connectivity index (χ1v) is 12.1. The van der Waals surface area contributed by atoms with Gasteiger partial charge < -0.3 is 24.8 Å². The minimum atomic E-state index is -0.885. The number of hydrogen-bond acceptors (Lipinski definition) is 5. The highest BCUT2D eigenvalue weighted by Gasteiger charge is 2.46. The quantitative estimate of drug-likeness (QED) is 0.365. The second kappa shape index (κ2) is 11.5. The molecule has 0 amide bonds. The average Bonchev–Trinajstić information content (AvgIpc) is 3.14. The summed E-state index contributed by atoms with van der Waals surface area (Å²) in [6.45, 7) is 11.7. The second-order valence-corrected chi connectivity index (χ2v) is 10.5. The maximum absolute atomic E-state index is 10.7. The van der Waals surface area contributed by atoms with Gasteiger partial charge in [0.25, 0.3) is 0 Å². The van der Waals surface area contributed by atoms with Crippen molar-refractivity contribution in [3.63, 3.8) is 0 Å². The predicted molar refractivity (Wildman–Crippen MR) is 134 cm³/mol.